The van der Waals surface area contributed by atoms with Gasteiger partial charge in [-0.15, -0.1) is 0 Å². The number of hydrogen-bond donors (Lipinski definition) is 2. The van der Waals surface area contributed by atoms with E-state index in [1.807, 2.05) is 24.3 Å². The Morgan fingerprint density at radius 3 is 2.21 bits per heavy atom. The standard InChI is InChI=1S/C12H14OS/c1-14(2)12-8-7-11(13)9-5-3-4-6-10(9)12/h3-8,13-14H,1-2H3. The molecule has 0 radical (unpaired) electrons. The summed E-state index contributed by atoms with van der Waals surface area (Å²) in [6.07, 6.45) is 4.46. The van der Waals surface area contributed by atoms with Crippen LogP contribution in [0.25, 0.3) is 10.8 Å². The third-order valence-electron chi connectivity index (χ3n) is 2.36. The van der Waals surface area contributed by atoms with Gasteiger partial charge in [-0.2, -0.15) is 0 Å². The van der Waals surface area contributed by atoms with Crippen molar-refractivity contribution in [2.24, 2.45) is 0 Å². The van der Waals surface area contributed by atoms with Crippen molar-refractivity contribution in [1.82, 2.24) is 0 Å². The summed E-state index contributed by atoms with van der Waals surface area (Å²) in [5.41, 5.74) is 0. The number of phenols is 1. The highest BCUT2D eigenvalue weighted by Crippen LogP contribution is 2.37. The minimum Gasteiger partial charge on any atom is -0.507 e. The van der Waals surface area contributed by atoms with Crippen molar-refractivity contribution in [3.63, 3.8) is 0 Å². The molecule has 0 fully saturated rings. The summed E-state index contributed by atoms with van der Waals surface area (Å²) in [6, 6.07) is 11.8. The van der Waals surface area contributed by atoms with Crippen LogP contribution in [0.1, 0.15) is 0 Å². The average molecular weight is 206 g/mol. The lowest BCUT2D eigenvalue weighted by Crippen LogP contribution is -1.82. The van der Waals surface area contributed by atoms with Crippen LogP contribution in [0.4, 0.5) is 0 Å². The van der Waals surface area contributed by atoms with Crippen LogP contribution < -0.4 is 0 Å². The van der Waals surface area contributed by atoms with Crippen LogP contribution in [0.2, 0.25) is 0 Å². The van der Waals surface area contributed by atoms with Gasteiger partial charge in [0.25, 0.3) is 0 Å². The second-order valence-corrected chi connectivity index (χ2v) is 5.81. The lowest BCUT2D eigenvalue weighted by molar-refractivity contribution is 0.481. The number of thiol groups is 1. The maximum Gasteiger partial charge on any atom is 0.123 e. The fourth-order valence-electron chi connectivity index (χ4n) is 1.66. The van der Waals surface area contributed by atoms with E-state index in [4.69, 9.17) is 0 Å². The summed E-state index contributed by atoms with van der Waals surface area (Å²) >= 11 is 0. The molecule has 0 amide bonds. The molecule has 14 heavy (non-hydrogen) atoms. The van der Waals surface area contributed by atoms with E-state index in [9.17, 15) is 5.11 Å². The first kappa shape index (κ1) is 9.41. The Balaban J connectivity index is 2.82. The first-order chi connectivity index (χ1) is 6.70. The summed E-state index contributed by atoms with van der Waals surface area (Å²) in [5.74, 6) is 0.376. The van der Waals surface area contributed by atoms with Gasteiger partial charge in [-0.3, -0.25) is 0 Å². The van der Waals surface area contributed by atoms with Crippen LogP contribution in [-0.2, 0) is 0 Å². The number of fused-ring (bicyclic) bond motifs is 1. The molecule has 0 aromatic heterocycles. The van der Waals surface area contributed by atoms with Gasteiger partial charge in [0.2, 0.25) is 0 Å². The molecule has 2 rings (SSSR count). The first-order valence-corrected chi connectivity index (χ1v) is 6.82. The molecular weight excluding hydrogens is 192 g/mol. The minimum absolute atomic E-state index is 0.119. The van der Waals surface area contributed by atoms with Gasteiger partial charge >= 0.3 is 0 Å². The summed E-state index contributed by atoms with van der Waals surface area (Å²) in [7, 11) is -0.119. The van der Waals surface area contributed by atoms with Crippen LogP contribution >= 0.6 is 10.9 Å². The van der Waals surface area contributed by atoms with Crippen LogP contribution in [0.5, 0.6) is 5.75 Å². The van der Waals surface area contributed by atoms with Gasteiger partial charge in [0.15, 0.2) is 0 Å². The van der Waals surface area contributed by atoms with E-state index < -0.39 is 0 Å². The number of phenolic OH excluding ortho intramolecular Hbond substituents is 1. The Labute approximate surface area is 86.7 Å². The molecule has 2 aromatic carbocycles. The highest BCUT2D eigenvalue weighted by molar-refractivity contribution is 8.16. The quantitative estimate of drug-likeness (QED) is 0.687. The van der Waals surface area contributed by atoms with Crippen molar-refractivity contribution in [2.75, 3.05) is 12.5 Å². The number of hydrogen-bond acceptors (Lipinski definition) is 1. The summed E-state index contributed by atoms with van der Waals surface area (Å²) < 4.78 is 0. The lowest BCUT2D eigenvalue weighted by atomic mass is 10.1. The largest absolute Gasteiger partial charge is 0.507 e. The zero-order chi connectivity index (χ0) is 10.1. The Bertz CT molecular complexity index is 463. The summed E-state index contributed by atoms with van der Waals surface area (Å²) in [5, 5.41) is 11.8. The van der Waals surface area contributed by atoms with Crippen molar-refractivity contribution in [3.8, 4) is 5.75 Å². The highest BCUT2D eigenvalue weighted by Gasteiger charge is 2.05. The Morgan fingerprint density at radius 2 is 1.57 bits per heavy atom. The van der Waals surface area contributed by atoms with E-state index >= 15 is 0 Å². The smallest absolute Gasteiger partial charge is 0.123 e. The van der Waals surface area contributed by atoms with Crippen molar-refractivity contribution < 1.29 is 5.11 Å². The second kappa shape index (κ2) is 3.54. The van der Waals surface area contributed by atoms with Gasteiger partial charge in [0.05, 0.1) is 0 Å². The zero-order valence-corrected chi connectivity index (χ0v) is 9.25. The first-order valence-electron chi connectivity index (χ1n) is 4.58. The van der Waals surface area contributed by atoms with Gasteiger partial charge in [-0.1, -0.05) is 24.3 Å². The van der Waals surface area contributed by atoms with Crippen molar-refractivity contribution >= 4 is 21.7 Å². The van der Waals surface area contributed by atoms with Gasteiger partial charge in [-0.05, 0) is 34.9 Å². The molecule has 1 N–H and O–H groups in total. The fourth-order valence-corrected chi connectivity index (χ4v) is 2.71. The van der Waals surface area contributed by atoms with E-state index in [-0.39, 0.29) is 10.9 Å². The highest BCUT2D eigenvalue weighted by atomic mass is 32.2. The topological polar surface area (TPSA) is 20.2 Å². The molecule has 0 aliphatic carbocycles. The number of rotatable bonds is 1. The van der Waals surface area contributed by atoms with Crippen LogP contribution in [-0.4, -0.2) is 17.6 Å². The molecule has 2 heteroatoms. The Kier molecular flexibility index (Phi) is 2.38. The molecule has 0 heterocycles. The predicted molar refractivity (Wildman–Crippen MR) is 64.7 cm³/mol. The van der Waals surface area contributed by atoms with Gasteiger partial charge in [-0.25, -0.2) is 10.9 Å². The third-order valence-corrected chi connectivity index (χ3v) is 3.71. The lowest BCUT2D eigenvalue weighted by Gasteiger charge is -2.13. The molecule has 0 spiro atoms. The second-order valence-electron chi connectivity index (χ2n) is 3.54. The SMILES string of the molecule is C[SH](C)c1ccc(O)c2ccccc12. The van der Waals surface area contributed by atoms with Crippen molar-refractivity contribution in [1.29, 1.82) is 0 Å². The maximum atomic E-state index is 9.68. The van der Waals surface area contributed by atoms with Crippen molar-refractivity contribution in [2.45, 2.75) is 4.90 Å². The molecule has 0 atom stereocenters. The van der Waals surface area contributed by atoms with E-state index in [1.165, 1.54) is 10.3 Å². The van der Waals surface area contributed by atoms with Gasteiger partial charge in [0.1, 0.15) is 5.75 Å². The molecule has 74 valence electrons. The molecule has 0 unspecified atom stereocenters. The number of benzene rings is 2. The van der Waals surface area contributed by atoms with Crippen LogP contribution in [0.3, 0.4) is 0 Å². The monoisotopic (exact) mass is 206 g/mol. The molecule has 0 saturated heterocycles. The fraction of sp³-hybridized carbons (Fsp3) is 0.167. The summed E-state index contributed by atoms with van der Waals surface area (Å²) in [6.45, 7) is 0. The minimum atomic E-state index is -0.119. The molecule has 1 nitrogen and oxygen atoms in total. The van der Waals surface area contributed by atoms with Crippen LogP contribution in [0.15, 0.2) is 41.3 Å². The van der Waals surface area contributed by atoms with E-state index in [1.54, 1.807) is 6.07 Å². The predicted octanol–water partition coefficient (Wildman–Crippen LogP) is 3.17. The zero-order valence-electron chi connectivity index (χ0n) is 8.36. The molecule has 0 saturated carbocycles. The van der Waals surface area contributed by atoms with E-state index in [2.05, 4.69) is 18.6 Å². The maximum absolute atomic E-state index is 9.68. The Hall–Kier alpha value is -1.15. The molecule has 0 bridgehead atoms. The van der Waals surface area contributed by atoms with Crippen molar-refractivity contribution in [3.05, 3.63) is 36.4 Å². The third kappa shape index (κ3) is 1.46. The van der Waals surface area contributed by atoms with Crippen LogP contribution in [0, 0.1) is 0 Å². The normalized spacial score (nSPS) is 11.7. The number of aromatic hydroxyl groups is 1. The van der Waals surface area contributed by atoms with E-state index in [0.29, 0.717) is 5.75 Å². The molecule has 0 aliphatic rings. The molecular formula is C12H14OS. The van der Waals surface area contributed by atoms with Gasteiger partial charge in [0, 0.05) is 5.39 Å². The summed E-state index contributed by atoms with van der Waals surface area (Å²) in [4.78, 5) is 1.36. The Morgan fingerprint density at radius 1 is 0.929 bits per heavy atom. The van der Waals surface area contributed by atoms with E-state index in [0.717, 1.165) is 5.39 Å². The molecule has 0 aliphatic heterocycles. The molecule has 2 aromatic rings. The van der Waals surface area contributed by atoms with Gasteiger partial charge < -0.3 is 5.11 Å². The average Bonchev–Trinajstić information content (AvgIpc) is 2.18.